The number of benzene rings is 2. The number of halogens is 6. The Morgan fingerprint density at radius 1 is 0.935 bits per heavy atom. The Bertz CT molecular complexity index is 1590. The Balaban J connectivity index is 1.37. The van der Waals surface area contributed by atoms with E-state index in [1.165, 1.54) is 18.9 Å². The van der Waals surface area contributed by atoms with Crippen LogP contribution in [0.5, 0.6) is 5.75 Å². The molecule has 46 heavy (non-hydrogen) atoms. The van der Waals surface area contributed by atoms with Gasteiger partial charge in [-0.25, -0.2) is 9.78 Å². The monoisotopic (exact) mass is 649 g/mol. The van der Waals surface area contributed by atoms with Gasteiger partial charge in [-0.05, 0) is 92.1 Å². The number of anilines is 1. The summed E-state index contributed by atoms with van der Waals surface area (Å²) in [4.78, 5) is 21.5. The first-order valence-corrected chi connectivity index (χ1v) is 15.1. The molecule has 3 heterocycles. The molecule has 0 spiro atoms. The molecule has 1 amide bonds. The minimum absolute atomic E-state index is 0.0496. The second kappa shape index (κ2) is 12.0. The number of rotatable bonds is 7. The molecule has 1 saturated carbocycles. The summed E-state index contributed by atoms with van der Waals surface area (Å²) >= 11 is 0. The van der Waals surface area contributed by atoms with Gasteiger partial charge in [0.05, 0.1) is 42.6 Å². The molecular weight excluding hydrogens is 616 g/mol. The molecule has 246 valence electrons. The summed E-state index contributed by atoms with van der Waals surface area (Å²) in [5, 5.41) is 10.1. The molecule has 7 nitrogen and oxygen atoms in total. The van der Waals surface area contributed by atoms with Crippen LogP contribution in [0.2, 0.25) is 0 Å². The Hall–Kier alpha value is -4.00. The summed E-state index contributed by atoms with van der Waals surface area (Å²) in [7, 11) is 1.54. The smallest absolute Gasteiger partial charge is 0.416 e. The Morgan fingerprint density at radius 3 is 2.20 bits per heavy atom. The maximum absolute atomic E-state index is 13.6. The fourth-order valence-corrected chi connectivity index (χ4v) is 6.49. The van der Waals surface area contributed by atoms with Crippen molar-refractivity contribution in [3.63, 3.8) is 0 Å². The lowest BCUT2D eigenvalue weighted by atomic mass is 9.92. The second-order valence-electron chi connectivity index (χ2n) is 12.1. The number of carbonyl (C=O) groups is 1. The maximum Gasteiger partial charge on any atom is 0.416 e. The first-order chi connectivity index (χ1) is 21.7. The van der Waals surface area contributed by atoms with Crippen LogP contribution in [0.15, 0.2) is 48.5 Å². The number of ether oxygens (including phenoxy) is 2. The maximum atomic E-state index is 13.6. The summed E-state index contributed by atoms with van der Waals surface area (Å²) in [5.74, 6) is 1.39. The first-order valence-electron chi connectivity index (χ1n) is 15.1. The molecule has 2 unspecified atom stereocenters. The van der Waals surface area contributed by atoms with Crippen molar-refractivity contribution in [1.29, 1.82) is 0 Å². The molecule has 2 aliphatic heterocycles. The van der Waals surface area contributed by atoms with Crippen molar-refractivity contribution in [2.75, 3.05) is 25.1 Å². The number of cyclic esters (lactones) is 1. The van der Waals surface area contributed by atoms with Gasteiger partial charge in [0.1, 0.15) is 17.7 Å². The zero-order valence-electron chi connectivity index (χ0n) is 25.2. The predicted octanol–water partition coefficient (Wildman–Crippen LogP) is 7.72. The van der Waals surface area contributed by atoms with Crippen molar-refractivity contribution >= 4 is 11.9 Å². The van der Waals surface area contributed by atoms with Crippen LogP contribution in [0, 0.1) is 0 Å². The molecule has 3 aromatic rings. The molecule has 13 heteroatoms. The van der Waals surface area contributed by atoms with Gasteiger partial charge in [-0.1, -0.05) is 6.07 Å². The number of carbonyl (C=O) groups excluding carboxylic acids is 1. The first kappa shape index (κ1) is 32.0. The van der Waals surface area contributed by atoms with Crippen LogP contribution in [0.1, 0.15) is 72.6 Å². The SMILES string of the molecule is COc1ccc(C2CCC(O)C2)cc1-c1ccc(N2CCC2)nc1CN1C(=O)O[C@H](c2cc(C(F)(F)F)cc(C(F)(F)F)c2)[C@@H]1C. The van der Waals surface area contributed by atoms with Crippen LogP contribution >= 0.6 is 0 Å². The molecule has 1 aliphatic carbocycles. The largest absolute Gasteiger partial charge is 0.496 e. The molecule has 1 N–H and O–H groups in total. The molecule has 3 aliphatic rings. The van der Waals surface area contributed by atoms with E-state index < -0.39 is 47.3 Å². The van der Waals surface area contributed by atoms with E-state index in [9.17, 15) is 36.2 Å². The number of hydrogen-bond acceptors (Lipinski definition) is 6. The highest BCUT2D eigenvalue weighted by atomic mass is 19.4. The molecule has 4 atom stereocenters. The quantitative estimate of drug-likeness (QED) is 0.264. The zero-order valence-corrected chi connectivity index (χ0v) is 25.2. The topological polar surface area (TPSA) is 75.1 Å². The number of nitrogens with zero attached hydrogens (tertiary/aromatic N) is 3. The molecule has 3 fully saturated rings. The van der Waals surface area contributed by atoms with Gasteiger partial charge in [0.15, 0.2) is 0 Å². The number of methoxy groups -OCH3 is 1. The predicted molar refractivity (Wildman–Crippen MR) is 156 cm³/mol. The average molecular weight is 650 g/mol. The number of aliphatic hydroxyl groups excluding tert-OH is 1. The normalized spacial score (nSPS) is 23.5. The van der Waals surface area contributed by atoms with E-state index in [-0.39, 0.29) is 24.6 Å². The van der Waals surface area contributed by atoms with Crippen LogP contribution in [0.4, 0.5) is 37.0 Å². The third-order valence-electron chi connectivity index (χ3n) is 9.18. The highest BCUT2D eigenvalue weighted by Crippen LogP contribution is 2.43. The summed E-state index contributed by atoms with van der Waals surface area (Å²) in [6.45, 7) is 3.01. The van der Waals surface area contributed by atoms with E-state index in [4.69, 9.17) is 14.5 Å². The molecule has 2 saturated heterocycles. The van der Waals surface area contributed by atoms with Gasteiger partial charge in [0.25, 0.3) is 0 Å². The lowest BCUT2D eigenvalue weighted by Gasteiger charge is -2.33. The van der Waals surface area contributed by atoms with Gasteiger partial charge < -0.3 is 19.5 Å². The average Bonchev–Trinajstić information content (AvgIpc) is 3.53. The molecule has 0 radical (unpaired) electrons. The third kappa shape index (κ3) is 6.21. The number of pyridine rings is 1. The number of aromatic nitrogens is 1. The van der Waals surface area contributed by atoms with Gasteiger partial charge in [0.2, 0.25) is 0 Å². The lowest BCUT2D eigenvalue weighted by molar-refractivity contribution is -0.143. The van der Waals surface area contributed by atoms with Crippen LogP contribution in [0.3, 0.4) is 0 Å². The molecular formula is C33H33F6N3O4. The Labute approximate surface area is 261 Å². The number of aliphatic hydroxyl groups is 1. The minimum Gasteiger partial charge on any atom is -0.496 e. The molecule has 6 rings (SSSR count). The Kier molecular flexibility index (Phi) is 8.32. The van der Waals surface area contributed by atoms with E-state index in [0.717, 1.165) is 31.5 Å². The van der Waals surface area contributed by atoms with Gasteiger partial charge >= 0.3 is 18.4 Å². The summed E-state index contributed by atoms with van der Waals surface area (Å²) in [6.07, 6.45) is -9.56. The van der Waals surface area contributed by atoms with Gasteiger partial charge in [-0.15, -0.1) is 0 Å². The summed E-state index contributed by atoms with van der Waals surface area (Å²) in [5.41, 5.74) is -0.507. The van der Waals surface area contributed by atoms with E-state index >= 15 is 0 Å². The zero-order chi connectivity index (χ0) is 33.0. The summed E-state index contributed by atoms with van der Waals surface area (Å²) in [6, 6.07) is 9.86. The van der Waals surface area contributed by atoms with Crippen LogP contribution in [0.25, 0.3) is 11.1 Å². The van der Waals surface area contributed by atoms with Gasteiger partial charge in [-0.2, -0.15) is 26.3 Å². The van der Waals surface area contributed by atoms with Crippen molar-refractivity contribution in [1.82, 2.24) is 9.88 Å². The lowest BCUT2D eigenvalue weighted by Crippen LogP contribution is -2.38. The fraction of sp³-hybridized carbons (Fsp3) is 0.455. The van der Waals surface area contributed by atoms with Crippen LogP contribution in [-0.4, -0.2) is 53.4 Å². The number of alkyl halides is 6. The van der Waals surface area contributed by atoms with Crippen molar-refractivity contribution in [3.8, 4) is 16.9 Å². The van der Waals surface area contributed by atoms with Crippen LogP contribution < -0.4 is 9.64 Å². The highest BCUT2D eigenvalue weighted by Gasteiger charge is 2.43. The summed E-state index contributed by atoms with van der Waals surface area (Å²) < 4.78 is 92.7. The Morgan fingerprint density at radius 2 is 1.63 bits per heavy atom. The van der Waals surface area contributed by atoms with Crippen molar-refractivity contribution in [3.05, 3.63) is 76.5 Å². The van der Waals surface area contributed by atoms with Gasteiger partial charge in [-0.3, -0.25) is 4.90 Å². The molecule has 0 bridgehead atoms. The van der Waals surface area contributed by atoms with Gasteiger partial charge in [0, 0.05) is 24.2 Å². The van der Waals surface area contributed by atoms with Crippen molar-refractivity contribution < 1.29 is 45.7 Å². The van der Waals surface area contributed by atoms with E-state index in [1.54, 1.807) is 0 Å². The van der Waals surface area contributed by atoms with E-state index in [2.05, 4.69) is 4.90 Å². The standard InChI is InChI=1S/C33H33F6N3O4/c1-18-30(21-12-22(32(34,35)36)16-23(13-21)33(37,38)39)46-31(44)42(18)17-27-25(7-9-29(40-27)41-10-3-11-41)26-15-20(5-8-28(26)45-2)19-4-6-24(43)14-19/h5,7-9,12-13,15-16,18-19,24,30,43H,3-4,6,10-11,14,17H2,1-2H3/t18-,19?,24?,30-/m0/s1. The second-order valence-corrected chi connectivity index (χ2v) is 12.1. The number of amides is 1. The van der Waals surface area contributed by atoms with Crippen LogP contribution in [-0.2, 0) is 23.6 Å². The third-order valence-corrected chi connectivity index (χ3v) is 9.18. The minimum atomic E-state index is -5.04. The molecule has 2 aromatic carbocycles. The van der Waals surface area contributed by atoms with E-state index in [1.807, 2.05) is 30.3 Å². The highest BCUT2D eigenvalue weighted by molar-refractivity contribution is 5.76. The van der Waals surface area contributed by atoms with Crippen molar-refractivity contribution in [2.45, 2.75) is 75.7 Å². The van der Waals surface area contributed by atoms with Crippen molar-refractivity contribution in [2.24, 2.45) is 0 Å². The van der Waals surface area contributed by atoms with E-state index in [0.29, 0.717) is 53.4 Å². The fourth-order valence-electron chi connectivity index (χ4n) is 6.49. The molecule has 1 aromatic heterocycles. The number of hydrogen-bond donors (Lipinski definition) is 1.